The van der Waals surface area contributed by atoms with Crippen LogP contribution in [0.5, 0.6) is 0 Å². The van der Waals surface area contributed by atoms with Gasteiger partial charge in [0.25, 0.3) is 0 Å². The van der Waals surface area contributed by atoms with Crippen molar-refractivity contribution >= 4 is 5.96 Å². The molecule has 1 aliphatic carbocycles. The fraction of sp³-hybridized carbons (Fsp3) is 0.800. The topological polar surface area (TPSA) is 71.7 Å². The quantitative estimate of drug-likeness (QED) is 0.378. The Bertz CT molecular complexity index is 543. The summed E-state index contributed by atoms with van der Waals surface area (Å²) in [5.74, 6) is 1.83. The van der Waals surface area contributed by atoms with Gasteiger partial charge in [-0.3, -0.25) is 4.99 Å². The molecule has 1 aromatic heterocycles. The van der Waals surface area contributed by atoms with E-state index in [1.807, 2.05) is 20.9 Å². The zero-order valence-electron chi connectivity index (χ0n) is 17.0. The van der Waals surface area contributed by atoms with E-state index in [1.165, 1.54) is 31.2 Å². The molecule has 0 bridgehead atoms. The Morgan fingerprint density at radius 3 is 2.65 bits per heavy atom. The average Bonchev–Trinajstić information content (AvgIpc) is 3.23. The molecule has 0 aromatic carbocycles. The van der Waals surface area contributed by atoms with Gasteiger partial charge in [-0.1, -0.05) is 18.0 Å². The third-order valence-corrected chi connectivity index (χ3v) is 5.58. The van der Waals surface area contributed by atoms with Crippen molar-refractivity contribution < 1.29 is 9.26 Å². The number of guanidine groups is 1. The summed E-state index contributed by atoms with van der Waals surface area (Å²) in [6.45, 7) is 9.57. The molecule has 0 atom stereocenters. The number of aryl methyl sites for hydroxylation is 2. The molecule has 2 rings (SSSR count). The minimum Gasteiger partial charge on any atom is -0.382 e. The molecular weight excluding hydrogens is 328 g/mol. The Hall–Kier alpha value is -1.56. The highest BCUT2D eigenvalue weighted by atomic mass is 16.5. The molecule has 0 spiro atoms. The summed E-state index contributed by atoms with van der Waals surface area (Å²) in [5, 5.41) is 11.0. The van der Waals surface area contributed by atoms with E-state index in [9.17, 15) is 0 Å². The molecule has 26 heavy (non-hydrogen) atoms. The molecule has 0 radical (unpaired) electrons. The maximum Gasteiger partial charge on any atom is 0.190 e. The number of hydrogen-bond donors (Lipinski definition) is 2. The molecule has 0 saturated heterocycles. The summed E-state index contributed by atoms with van der Waals surface area (Å²) in [5.41, 5.74) is 2.60. The second kappa shape index (κ2) is 10.6. The van der Waals surface area contributed by atoms with Crippen LogP contribution in [-0.2, 0) is 11.2 Å². The van der Waals surface area contributed by atoms with E-state index in [-0.39, 0.29) is 0 Å². The summed E-state index contributed by atoms with van der Waals surface area (Å²) in [6.07, 6.45) is 8.38. The van der Waals surface area contributed by atoms with Gasteiger partial charge in [-0.2, -0.15) is 0 Å². The molecule has 1 saturated carbocycles. The van der Waals surface area contributed by atoms with Crippen LogP contribution in [-0.4, -0.2) is 44.5 Å². The molecule has 6 nitrogen and oxygen atoms in total. The van der Waals surface area contributed by atoms with Crippen LogP contribution in [0.15, 0.2) is 9.52 Å². The summed E-state index contributed by atoms with van der Waals surface area (Å²) < 4.78 is 10.8. The molecule has 0 aliphatic heterocycles. The molecule has 0 amide bonds. The van der Waals surface area contributed by atoms with Crippen molar-refractivity contribution in [3.05, 3.63) is 17.0 Å². The minimum absolute atomic E-state index is 0.365. The van der Waals surface area contributed by atoms with Gasteiger partial charge in [0.2, 0.25) is 0 Å². The molecule has 148 valence electrons. The number of aliphatic imine (C=N–C) groups is 1. The Kier molecular flexibility index (Phi) is 8.42. The molecular formula is C20H36N4O2. The standard InChI is InChI=1S/C20H36N4O2/c1-5-25-14-12-20(10-6-7-11-20)15-23-19(21-4)22-13-8-9-18-16(2)24-26-17(18)3/h5-15H2,1-4H3,(H2,21,22,23). The van der Waals surface area contributed by atoms with E-state index in [0.717, 1.165) is 63.0 Å². The van der Waals surface area contributed by atoms with Crippen LogP contribution in [0, 0.1) is 19.3 Å². The van der Waals surface area contributed by atoms with Gasteiger partial charge in [-0.05, 0) is 58.3 Å². The minimum atomic E-state index is 0.365. The number of aromatic nitrogens is 1. The number of ether oxygens (including phenoxy) is 1. The first kappa shape index (κ1) is 20.7. The summed E-state index contributed by atoms with van der Waals surface area (Å²) >= 11 is 0. The van der Waals surface area contributed by atoms with Crippen LogP contribution in [0.4, 0.5) is 0 Å². The highest BCUT2D eigenvalue weighted by Gasteiger charge is 2.33. The fourth-order valence-corrected chi connectivity index (χ4v) is 3.90. The second-order valence-electron chi connectivity index (χ2n) is 7.41. The van der Waals surface area contributed by atoms with Crippen molar-refractivity contribution in [3.8, 4) is 0 Å². The normalized spacial score (nSPS) is 16.8. The third-order valence-electron chi connectivity index (χ3n) is 5.58. The highest BCUT2D eigenvalue weighted by molar-refractivity contribution is 5.79. The van der Waals surface area contributed by atoms with Crippen LogP contribution < -0.4 is 10.6 Å². The Morgan fingerprint density at radius 2 is 2.04 bits per heavy atom. The number of nitrogens with one attached hydrogen (secondary N) is 2. The predicted octanol–water partition coefficient (Wildman–Crippen LogP) is 3.38. The number of nitrogens with zero attached hydrogens (tertiary/aromatic N) is 2. The maximum atomic E-state index is 5.60. The van der Waals surface area contributed by atoms with Crippen LogP contribution in [0.25, 0.3) is 0 Å². The van der Waals surface area contributed by atoms with Gasteiger partial charge < -0.3 is 19.9 Å². The lowest BCUT2D eigenvalue weighted by Crippen LogP contribution is -2.43. The van der Waals surface area contributed by atoms with E-state index >= 15 is 0 Å². The molecule has 1 heterocycles. The molecule has 6 heteroatoms. The lowest BCUT2D eigenvalue weighted by molar-refractivity contribution is 0.105. The maximum absolute atomic E-state index is 5.60. The van der Waals surface area contributed by atoms with Crippen molar-refractivity contribution in [2.75, 3.05) is 33.4 Å². The van der Waals surface area contributed by atoms with E-state index < -0.39 is 0 Å². The van der Waals surface area contributed by atoms with Crippen molar-refractivity contribution in [1.82, 2.24) is 15.8 Å². The molecule has 0 unspecified atom stereocenters. The average molecular weight is 365 g/mol. The van der Waals surface area contributed by atoms with Crippen LogP contribution in [0.2, 0.25) is 0 Å². The molecule has 1 aromatic rings. The van der Waals surface area contributed by atoms with Crippen molar-refractivity contribution in [2.24, 2.45) is 10.4 Å². The first-order valence-corrected chi connectivity index (χ1v) is 10.0. The third kappa shape index (κ3) is 6.01. The van der Waals surface area contributed by atoms with E-state index in [4.69, 9.17) is 9.26 Å². The van der Waals surface area contributed by atoms with E-state index in [2.05, 4.69) is 27.7 Å². The van der Waals surface area contributed by atoms with Crippen LogP contribution in [0.1, 0.15) is 62.5 Å². The lowest BCUT2D eigenvalue weighted by Gasteiger charge is -2.30. The lowest BCUT2D eigenvalue weighted by atomic mass is 9.83. The Balaban J connectivity index is 1.72. The smallest absolute Gasteiger partial charge is 0.190 e. The fourth-order valence-electron chi connectivity index (χ4n) is 3.90. The molecule has 1 fully saturated rings. The molecule has 2 N–H and O–H groups in total. The van der Waals surface area contributed by atoms with Gasteiger partial charge in [-0.15, -0.1) is 0 Å². The van der Waals surface area contributed by atoms with Crippen molar-refractivity contribution in [1.29, 1.82) is 0 Å². The molecule has 1 aliphatic rings. The number of hydrogen-bond acceptors (Lipinski definition) is 4. The van der Waals surface area contributed by atoms with Crippen LogP contribution in [0.3, 0.4) is 0 Å². The predicted molar refractivity (Wildman–Crippen MR) is 106 cm³/mol. The van der Waals surface area contributed by atoms with Gasteiger partial charge in [0.1, 0.15) is 5.76 Å². The van der Waals surface area contributed by atoms with E-state index in [1.54, 1.807) is 0 Å². The van der Waals surface area contributed by atoms with Gasteiger partial charge in [0.05, 0.1) is 5.69 Å². The Labute approximate surface area is 158 Å². The van der Waals surface area contributed by atoms with Gasteiger partial charge in [0.15, 0.2) is 5.96 Å². The van der Waals surface area contributed by atoms with E-state index in [0.29, 0.717) is 5.41 Å². The summed E-state index contributed by atoms with van der Waals surface area (Å²) in [7, 11) is 1.84. The largest absolute Gasteiger partial charge is 0.382 e. The summed E-state index contributed by atoms with van der Waals surface area (Å²) in [6, 6.07) is 0. The first-order valence-electron chi connectivity index (χ1n) is 10.0. The highest BCUT2D eigenvalue weighted by Crippen LogP contribution is 2.40. The van der Waals surface area contributed by atoms with Gasteiger partial charge >= 0.3 is 0 Å². The van der Waals surface area contributed by atoms with Gasteiger partial charge in [-0.25, -0.2) is 0 Å². The second-order valence-corrected chi connectivity index (χ2v) is 7.41. The summed E-state index contributed by atoms with van der Waals surface area (Å²) in [4.78, 5) is 4.38. The van der Waals surface area contributed by atoms with Crippen LogP contribution >= 0.6 is 0 Å². The number of rotatable bonds is 10. The SMILES string of the molecule is CCOCCC1(CNC(=NC)NCCCc2c(C)noc2C)CCCC1. The first-order chi connectivity index (χ1) is 12.6. The van der Waals surface area contributed by atoms with Gasteiger partial charge in [0, 0.05) is 38.9 Å². The Morgan fingerprint density at radius 1 is 1.27 bits per heavy atom. The zero-order valence-corrected chi connectivity index (χ0v) is 17.0. The monoisotopic (exact) mass is 364 g/mol. The van der Waals surface area contributed by atoms with Crippen molar-refractivity contribution in [2.45, 2.75) is 65.7 Å². The zero-order chi connectivity index (χ0) is 18.8. The van der Waals surface area contributed by atoms with Crippen molar-refractivity contribution in [3.63, 3.8) is 0 Å².